The minimum absolute atomic E-state index is 0.469. The molecule has 1 aliphatic carbocycles. The average Bonchev–Trinajstić information content (AvgIpc) is 3.23. The van der Waals surface area contributed by atoms with E-state index in [1.807, 2.05) is 0 Å². The Hall–Kier alpha value is -2.31. The third-order valence-corrected chi connectivity index (χ3v) is 3.43. The lowest BCUT2D eigenvalue weighted by Gasteiger charge is -2.12. The highest BCUT2D eigenvalue weighted by Crippen LogP contribution is 2.42. The Morgan fingerprint density at radius 3 is 2.80 bits per heavy atom. The molecule has 1 aliphatic rings. The minimum Gasteiger partial charge on any atom is -0.493 e. The van der Waals surface area contributed by atoms with E-state index in [1.165, 1.54) is 0 Å². The van der Waals surface area contributed by atoms with Gasteiger partial charge in [0.05, 0.1) is 26.5 Å². The van der Waals surface area contributed by atoms with Gasteiger partial charge in [-0.05, 0) is 12.8 Å². The van der Waals surface area contributed by atoms with E-state index in [4.69, 9.17) is 15.2 Å². The fraction of sp³-hybridized carbons (Fsp3) is 0.462. The van der Waals surface area contributed by atoms with Crippen LogP contribution in [0.4, 0.5) is 5.82 Å². The molecule has 2 aromatic heterocycles. The van der Waals surface area contributed by atoms with Crippen LogP contribution in [-0.4, -0.2) is 34.2 Å². The second-order valence-electron chi connectivity index (χ2n) is 4.79. The lowest BCUT2D eigenvalue weighted by Crippen LogP contribution is -2.09. The molecule has 0 unspecified atom stereocenters. The molecule has 1 saturated carbocycles. The maximum Gasteiger partial charge on any atom is 0.184 e. The first-order chi connectivity index (χ1) is 9.74. The van der Waals surface area contributed by atoms with Crippen molar-refractivity contribution in [3.63, 3.8) is 0 Å². The van der Waals surface area contributed by atoms with Gasteiger partial charge in [0.2, 0.25) is 0 Å². The molecule has 0 atom stereocenters. The summed E-state index contributed by atoms with van der Waals surface area (Å²) in [7, 11) is 3.20. The highest BCUT2D eigenvalue weighted by molar-refractivity contribution is 5.44. The molecular weight excluding hydrogens is 258 g/mol. The second-order valence-corrected chi connectivity index (χ2v) is 4.79. The summed E-state index contributed by atoms with van der Waals surface area (Å²) in [6.07, 6.45) is 3.97. The number of hydrogen-bond donors (Lipinski definition) is 1. The van der Waals surface area contributed by atoms with E-state index < -0.39 is 0 Å². The zero-order valence-electron chi connectivity index (χ0n) is 11.5. The molecule has 7 nitrogen and oxygen atoms in total. The first kappa shape index (κ1) is 12.7. The van der Waals surface area contributed by atoms with E-state index in [-0.39, 0.29) is 0 Å². The molecule has 0 aliphatic heterocycles. The number of rotatable bonds is 5. The van der Waals surface area contributed by atoms with Gasteiger partial charge in [-0.3, -0.25) is 4.98 Å². The van der Waals surface area contributed by atoms with Crippen molar-refractivity contribution in [1.82, 2.24) is 20.0 Å². The van der Waals surface area contributed by atoms with Crippen molar-refractivity contribution in [1.29, 1.82) is 0 Å². The monoisotopic (exact) mass is 275 g/mol. The normalized spacial score (nSPS) is 14.3. The average molecular weight is 275 g/mol. The first-order valence-corrected chi connectivity index (χ1v) is 6.49. The molecule has 2 N–H and O–H groups in total. The highest BCUT2D eigenvalue weighted by Gasteiger charge is 2.31. The van der Waals surface area contributed by atoms with Crippen LogP contribution in [0.15, 0.2) is 12.3 Å². The van der Waals surface area contributed by atoms with Gasteiger partial charge < -0.3 is 15.2 Å². The Kier molecular flexibility index (Phi) is 3.17. The Morgan fingerprint density at radius 1 is 1.35 bits per heavy atom. The summed E-state index contributed by atoms with van der Waals surface area (Å²) < 4.78 is 12.5. The zero-order valence-corrected chi connectivity index (χ0v) is 11.5. The fourth-order valence-electron chi connectivity index (χ4n) is 2.33. The minimum atomic E-state index is 0.469. The number of ether oxygens (including phenoxy) is 2. The maximum absolute atomic E-state index is 5.89. The maximum atomic E-state index is 5.89. The van der Waals surface area contributed by atoms with Crippen LogP contribution < -0.4 is 15.2 Å². The molecule has 1 fully saturated rings. The standard InChI is InChI=1S/C13H17N5O2/c1-19-10-5-6-15-9(12(10)20-2)7-18-11(8-3-4-8)13(14)16-17-18/h5-6,8H,3-4,7,14H2,1-2H3. The van der Waals surface area contributed by atoms with Crippen LogP contribution in [0.5, 0.6) is 11.5 Å². The van der Waals surface area contributed by atoms with Crippen LogP contribution in [0.1, 0.15) is 30.1 Å². The van der Waals surface area contributed by atoms with Crippen molar-refractivity contribution < 1.29 is 9.47 Å². The van der Waals surface area contributed by atoms with Crippen LogP contribution in [0, 0.1) is 0 Å². The summed E-state index contributed by atoms with van der Waals surface area (Å²) in [5.74, 6) is 2.25. The van der Waals surface area contributed by atoms with Crippen molar-refractivity contribution in [3.05, 3.63) is 23.7 Å². The molecule has 2 aromatic rings. The van der Waals surface area contributed by atoms with E-state index in [1.54, 1.807) is 31.2 Å². The molecule has 2 heterocycles. The van der Waals surface area contributed by atoms with Crippen molar-refractivity contribution in [2.45, 2.75) is 25.3 Å². The smallest absolute Gasteiger partial charge is 0.184 e. The molecule has 0 bridgehead atoms. The topological polar surface area (TPSA) is 88.1 Å². The lowest BCUT2D eigenvalue weighted by atomic mass is 10.2. The molecule has 0 aromatic carbocycles. The Bertz CT molecular complexity index is 621. The second kappa shape index (κ2) is 4.99. The lowest BCUT2D eigenvalue weighted by molar-refractivity contribution is 0.347. The third-order valence-electron chi connectivity index (χ3n) is 3.43. The van der Waals surface area contributed by atoms with Gasteiger partial charge in [0.15, 0.2) is 17.3 Å². The van der Waals surface area contributed by atoms with Gasteiger partial charge in [-0.1, -0.05) is 5.21 Å². The molecule has 0 saturated heterocycles. The van der Waals surface area contributed by atoms with Crippen LogP contribution >= 0.6 is 0 Å². The van der Waals surface area contributed by atoms with Gasteiger partial charge in [-0.25, -0.2) is 4.68 Å². The fourth-order valence-corrected chi connectivity index (χ4v) is 2.33. The first-order valence-electron chi connectivity index (χ1n) is 6.49. The van der Waals surface area contributed by atoms with Crippen molar-refractivity contribution in [2.24, 2.45) is 0 Å². The van der Waals surface area contributed by atoms with Gasteiger partial charge in [-0.2, -0.15) is 0 Å². The van der Waals surface area contributed by atoms with E-state index >= 15 is 0 Å². The molecule has 106 valence electrons. The predicted octanol–water partition coefficient (Wildman–Crippen LogP) is 1.20. The summed E-state index contributed by atoms with van der Waals surface area (Å²) in [4.78, 5) is 4.35. The molecule has 0 spiro atoms. The number of methoxy groups -OCH3 is 2. The summed E-state index contributed by atoms with van der Waals surface area (Å²) in [5.41, 5.74) is 7.64. The molecule has 3 rings (SSSR count). The van der Waals surface area contributed by atoms with E-state index in [2.05, 4.69) is 15.3 Å². The molecule has 7 heteroatoms. The van der Waals surface area contributed by atoms with E-state index in [0.29, 0.717) is 29.8 Å². The van der Waals surface area contributed by atoms with Crippen molar-refractivity contribution in [3.8, 4) is 11.5 Å². The summed E-state index contributed by atoms with van der Waals surface area (Å²) >= 11 is 0. The molecule has 0 amide bonds. The van der Waals surface area contributed by atoms with Crippen molar-refractivity contribution in [2.75, 3.05) is 20.0 Å². The van der Waals surface area contributed by atoms with Crippen LogP contribution in [0.25, 0.3) is 0 Å². The van der Waals surface area contributed by atoms with Gasteiger partial charge in [0.1, 0.15) is 5.69 Å². The van der Waals surface area contributed by atoms with E-state index in [0.717, 1.165) is 24.2 Å². The van der Waals surface area contributed by atoms with Crippen LogP contribution in [0.3, 0.4) is 0 Å². The number of nitrogens with two attached hydrogens (primary N) is 1. The van der Waals surface area contributed by atoms with Crippen molar-refractivity contribution >= 4 is 5.82 Å². The van der Waals surface area contributed by atoms with E-state index in [9.17, 15) is 0 Å². The number of nitrogen functional groups attached to an aromatic ring is 1. The number of nitrogens with zero attached hydrogens (tertiary/aromatic N) is 4. The predicted molar refractivity (Wildman–Crippen MR) is 72.9 cm³/mol. The molecular formula is C13H17N5O2. The van der Waals surface area contributed by atoms with Gasteiger partial charge in [-0.15, -0.1) is 5.10 Å². The number of anilines is 1. The third kappa shape index (κ3) is 2.15. The molecule has 20 heavy (non-hydrogen) atoms. The number of hydrogen-bond acceptors (Lipinski definition) is 6. The Labute approximate surface area is 116 Å². The van der Waals surface area contributed by atoms with Gasteiger partial charge in [0, 0.05) is 18.2 Å². The largest absolute Gasteiger partial charge is 0.493 e. The van der Waals surface area contributed by atoms with Crippen LogP contribution in [-0.2, 0) is 6.54 Å². The zero-order chi connectivity index (χ0) is 14.1. The highest BCUT2D eigenvalue weighted by atomic mass is 16.5. The summed E-state index contributed by atoms with van der Waals surface area (Å²) in [6, 6.07) is 1.76. The van der Waals surface area contributed by atoms with Crippen LogP contribution in [0.2, 0.25) is 0 Å². The summed E-state index contributed by atoms with van der Waals surface area (Å²) in [6.45, 7) is 0.469. The SMILES string of the molecule is COc1ccnc(Cn2nnc(N)c2C2CC2)c1OC. The Morgan fingerprint density at radius 2 is 2.15 bits per heavy atom. The summed E-state index contributed by atoms with van der Waals surface area (Å²) in [5, 5.41) is 8.07. The van der Waals surface area contributed by atoms with Gasteiger partial charge >= 0.3 is 0 Å². The molecule has 0 radical (unpaired) electrons. The Balaban J connectivity index is 1.95. The van der Waals surface area contributed by atoms with Gasteiger partial charge in [0.25, 0.3) is 0 Å². The number of pyridine rings is 1. The quantitative estimate of drug-likeness (QED) is 0.882. The number of aromatic nitrogens is 4.